The van der Waals surface area contributed by atoms with Gasteiger partial charge in [-0.05, 0) is 32.9 Å². The second-order valence-electron chi connectivity index (χ2n) is 4.78. The Bertz CT molecular complexity index is 210. The van der Waals surface area contributed by atoms with E-state index in [1.54, 1.807) is 0 Å². The Hall–Kier alpha value is -0.290. The molecule has 0 heterocycles. The van der Waals surface area contributed by atoms with Crippen molar-refractivity contribution >= 4 is 0 Å². The van der Waals surface area contributed by atoms with Crippen LogP contribution in [0, 0.1) is 0 Å². The van der Waals surface area contributed by atoms with Crippen LogP contribution in [0.25, 0.3) is 0 Å². The summed E-state index contributed by atoms with van der Waals surface area (Å²) < 4.78 is 36.1. The van der Waals surface area contributed by atoms with Crippen molar-refractivity contribution < 1.29 is 13.2 Å². The number of halogens is 3. The summed E-state index contributed by atoms with van der Waals surface area (Å²) in [4.78, 5) is 2.03. The first-order valence-electron chi connectivity index (χ1n) is 5.88. The number of rotatable bonds is 5. The molecule has 1 rings (SSSR count). The van der Waals surface area contributed by atoms with Crippen LogP contribution in [-0.2, 0) is 0 Å². The van der Waals surface area contributed by atoms with Gasteiger partial charge in [-0.2, -0.15) is 13.2 Å². The van der Waals surface area contributed by atoms with Crippen molar-refractivity contribution in [3.05, 3.63) is 0 Å². The Labute approximate surface area is 95.0 Å². The quantitative estimate of drug-likeness (QED) is 0.797. The summed E-state index contributed by atoms with van der Waals surface area (Å²) in [6.07, 6.45) is -0.244. The van der Waals surface area contributed by atoms with Gasteiger partial charge in [-0.3, -0.25) is 4.90 Å². The van der Waals surface area contributed by atoms with E-state index in [2.05, 4.69) is 0 Å². The van der Waals surface area contributed by atoms with Gasteiger partial charge in [0.1, 0.15) is 0 Å². The zero-order chi connectivity index (χ0) is 12.2. The molecule has 0 amide bonds. The third-order valence-electron chi connectivity index (χ3n) is 3.68. The molecule has 1 fully saturated rings. The molecule has 0 atom stereocenters. The van der Waals surface area contributed by atoms with Crippen LogP contribution in [0.3, 0.4) is 0 Å². The first-order valence-corrected chi connectivity index (χ1v) is 5.88. The van der Waals surface area contributed by atoms with Gasteiger partial charge in [-0.15, -0.1) is 0 Å². The second kappa shape index (κ2) is 5.36. The van der Waals surface area contributed by atoms with Gasteiger partial charge in [0, 0.05) is 18.5 Å². The summed E-state index contributed by atoms with van der Waals surface area (Å²) in [5.74, 6) is 0. The van der Waals surface area contributed by atoms with Crippen molar-refractivity contribution in [3.8, 4) is 0 Å². The van der Waals surface area contributed by atoms with Gasteiger partial charge in [-0.1, -0.05) is 12.8 Å². The topological polar surface area (TPSA) is 29.3 Å². The number of nitrogens with zero attached hydrogens (tertiary/aromatic N) is 1. The predicted octanol–water partition coefficient (Wildman–Crippen LogP) is 2.53. The Kier molecular flexibility index (Phi) is 4.62. The van der Waals surface area contributed by atoms with E-state index in [1.165, 1.54) is 0 Å². The highest BCUT2D eigenvalue weighted by molar-refractivity contribution is 4.94. The molecule has 1 saturated carbocycles. The van der Waals surface area contributed by atoms with E-state index < -0.39 is 12.6 Å². The minimum atomic E-state index is -4.04. The molecule has 2 nitrogen and oxygen atoms in total. The molecule has 0 aromatic rings. The highest BCUT2D eigenvalue weighted by atomic mass is 19.4. The van der Waals surface area contributed by atoms with E-state index in [1.807, 2.05) is 11.9 Å². The molecule has 0 aliphatic heterocycles. The van der Waals surface area contributed by atoms with Gasteiger partial charge >= 0.3 is 6.18 Å². The maximum absolute atomic E-state index is 12.0. The lowest BCUT2D eigenvalue weighted by Crippen LogP contribution is -2.50. The largest absolute Gasteiger partial charge is 0.389 e. The first-order chi connectivity index (χ1) is 7.40. The van der Waals surface area contributed by atoms with Crippen LogP contribution in [0.1, 0.15) is 38.5 Å². The van der Waals surface area contributed by atoms with E-state index in [0.717, 1.165) is 25.7 Å². The highest BCUT2D eigenvalue weighted by Gasteiger charge is 2.36. The SMILES string of the molecule is CN(CCCC(F)(F)F)C1(CN)CCCC1. The summed E-state index contributed by atoms with van der Waals surface area (Å²) >= 11 is 0. The van der Waals surface area contributed by atoms with Crippen molar-refractivity contribution in [2.45, 2.75) is 50.2 Å². The summed E-state index contributed by atoms with van der Waals surface area (Å²) in [6, 6.07) is 0. The van der Waals surface area contributed by atoms with Crippen molar-refractivity contribution in [2.75, 3.05) is 20.1 Å². The molecular weight excluding hydrogens is 217 g/mol. The Morgan fingerprint density at radius 1 is 1.25 bits per heavy atom. The van der Waals surface area contributed by atoms with Crippen LogP contribution in [0.2, 0.25) is 0 Å². The Morgan fingerprint density at radius 3 is 2.25 bits per heavy atom. The van der Waals surface area contributed by atoms with Crippen LogP contribution < -0.4 is 5.73 Å². The van der Waals surface area contributed by atoms with Crippen molar-refractivity contribution in [1.29, 1.82) is 0 Å². The van der Waals surface area contributed by atoms with Gasteiger partial charge in [0.25, 0.3) is 0 Å². The molecule has 0 spiro atoms. The van der Waals surface area contributed by atoms with Crippen LogP contribution >= 0.6 is 0 Å². The lowest BCUT2D eigenvalue weighted by atomic mass is 9.95. The van der Waals surface area contributed by atoms with Crippen molar-refractivity contribution in [1.82, 2.24) is 4.90 Å². The monoisotopic (exact) mass is 238 g/mol. The molecule has 0 aromatic carbocycles. The highest BCUT2D eigenvalue weighted by Crippen LogP contribution is 2.34. The fourth-order valence-electron chi connectivity index (χ4n) is 2.53. The molecule has 96 valence electrons. The molecule has 5 heteroatoms. The Morgan fingerprint density at radius 2 is 1.81 bits per heavy atom. The molecule has 0 unspecified atom stereocenters. The number of alkyl halides is 3. The van der Waals surface area contributed by atoms with Crippen LogP contribution in [0.15, 0.2) is 0 Å². The van der Waals surface area contributed by atoms with Gasteiger partial charge in [-0.25, -0.2) is 0 Å². The minimum absolute atomic E-state index is 0.0361. The summed E-state index contributed by atoms with van der Waals surface area (Å²) in [6.45, 7) is 1.03. The normalized spacial score (nSPS) is 20.6. The molecule has 1 aliphatic rings. The first kappa shape index (κ1) is 13.8. The molecule has 0 aromatic heterocycles. The van der Waals surface area contributed by atoms with Crippen molar-refractivity contribution in [3.63, 3.8) is 0 Å². The summed E-state index contributed by atoms with van der Waals surface area (Å²) in [5, 5.41) is 0. The maximum Gasteiger partial charge on any atom is 0.389 e. The molecule has 16 heavy (non-hydrogen) atoms. The van der Waals surface area contributed by atoms with E-state index in [9.17, 15) is 13.2 Å². The fraction of sp³-hybridized carbons (Fsp3) is 1.00. The van der Waals surface area contributed by atoms with E-state index >= 15 is 0 Å². The van der Waals surface area contributed by atoms with Crippen molar-refractivity contribution in [2.24, 2.45) is 5.73 Å². The van der Waals surface area contributed by atoms with Gasteiger partial charge < -0.3 is 5.73 Å². The number of likely N-dealkylation sites (N-methyl/N-ethyl adjacent to an activating group) is 1. The predicted molar refractivity (Wildman–Crippen MR) is 58.2 cm³/mol. The van der Waals surface area contributed by atoms with Crippen LogP contribution in [0.4, 0.5) is 13.2 Å². The van der Waals surface area contributed by atoms with Crippen LogP contribution in [0.5, 0.6) is 0 Å². The molecule has 0 saturated heterocycles. The minimum Gasteiger partial charge on any atom is -0.329 e. The molecular formula is C11H21F3N2. The van der Waals surface area contributed by atoms with E-state index in [0.29, 0.717) is 13.1 Å². The van der Waals surface area contributed by atoms with Gasteiger partial charge in [0.2, 0.25) is 0 Å². The third-order valence-corrected chi connectivity index (χ3v) is 3.68. The van der Waals surface area contributed by atoms with Gasteiger partial charge in [0.05, 0.1) is 0 Å². The zero-order valence-corrected chi connectivity index (χ0v) is 9.82. The fourth-order valence-corrected chi connectivity index (χ4v) is 2.53. The molecule has 0 bridgehead atoms. The van der Waals surface area contributed by atoms with Gasteiger partial charge in [0.15, 0.2) is 0 Å². The molecule has 0 radical (unpaired) electrons. The van der Waals surface area contributed by atoms with Crippen LogP contribution in [-0.4, -0.2) is 36.8 Å². The lowest BCUT2D eigenvalue weighted by Gasteiger charge is -2.38. The average molecular weight is 238 g/mol. The van der Waals surface area contributed by atoms with E-state index in [4.69, 9.17) is 5.73 Å². The lowest BCUT2D eigenvalue weighted by molar-refractivity contribution is -0.136. The van der Waals surface area contributed by atoms with E-state index in [-0.39, 0.29) is 12.0 Å². The number of hydrogen-bond acceptors (Lipinski definition) is 2. The third kappa shape index (κ3) is 3.63. The zero-order valence-electron chi connectivity index (χ0n) is 9.82. The smallest absolute Gasteiger partial charge is 0.329 e. The second-order valence-corrected chi connectivity index (χ2v) is 4.78. The molecule has 1 aliphatic carbocycles. The number of hydrogen-bond donors (Lipinski definition) is 1. The maximum atomic E-state index is 12.0. The number of nitrogens with two attached hydrogens (primary N) is 1. The molecule has 2 N–H and O–H groups in total. The summed E-state index contributed by atoms with van der Waals surface area (Å²) in [5.41, 5.74) is 5.73. The Balaban J connectivity index is 2.36. The standard InChI is InChI=1S/C11H21F3N2/c1-16(8-4-7-11(12,13)14)10(9-15)5-2-3-6-10/h2-9,15H2,1H3. The summed E-state index contributed by atoms with van der Waals surface area (Å²) in [7, 11) is 1.90. The average Bonchev–Trinajstić information content (AvgIpc) is 2.65.